The van der Waals surface area contributed by atoms with Crippen molar-refractivity contribution in [3.05, 3.63) is 29.6 Å². The van der Waals surface area contributed by atoms with Gasteiger partial charge in [0, 0.05) is 5.56 Å². The molecular formula is C11H13FO3S. The predicted molar refractivity (Wildman–Crippen MR) is 57.4 cm³/mol. The fourth-order valence-electron chi connectivity index (χ4n) is 2.11. The second-order valence-electron chi connectivity index (χ2n) is 4.17. The van der Waals surface area contributed by atoms with Crippen molar-refractivity contribution >= 4 is 9.84 Å². The second-order valence-corrected chi connectivity index (χ2v) is 6.37. The summed E-state index contributed by atoms with van der Waals surface area (Å²) in [5, 5.41) is 8.54. The first-order valence-corrected chi connectivity index (χ1v) is 6.67. The minimum absolute atomic E-state index is 0.0816. The van der Waals surface area contributed by atoms with E-state index in [-0.39, 0.29) is 23.3 Å². The molecule has 0 spiro atoms. The Kier molecular flexibility index (Phi) is 2.75. The maximum atomic E-state index is 13.4. The topological polar surface area (TPSA) is 54.4 Å². The predicted octanol–water partition coefficient (Wildman–Crippen LogP) is 1.30. The van der Waals surface area contributed by atoms with Crippen LogP contribution in [0.5, 0.6) is 0 Å². The van der Waals surface area contributed by atoms with Gasteiger partial charge in [0.15, 0.2) is 9.84 Å². The van der Waals surface area contributed by atoms with Crippen LogP contribution in [0.1, 0.15) is 18.9 Å². The Morgan fingerprint density at radius 3 is 2.81 bits per heavy atom. The molecule has 1 aromatic carbocycles. The minimum Gasteiger partial charge on any atom is -0.393 e. The monoisotopic (exact) mass is 244 g/mol. The van der Waals surface area contributed by atoms with Gasteiger partial charge < -0.3 is 5.11 Å². The fraction of sp³-hybridized carbons (Fsp3) is 0.455. The first-order valence-electron chi connectivity index (χ1n) is 5.12. The lowest BCUT2D eigenvalue weighted by atomic mass is 10.1. The van der Waals surface area contributed by atoms with Crippen LogP contribution in [0.25, 0.3) is 0 Å². The van der Waals surface area contributed by atoms with Crippen molar-refractivity contribution in [2.75, 3.05) is 0 Å². The van der Waals surface area contributed by atoms with Crippen molar-refractivity contribution in [1.29, 1.82) is 0 Å². The first kappa shape index (κ1) is 11.5. The van der Waals surface area contributed by atoms with Crippen LogP contribution >= 0.6 is 0 Å². The number of halogens is 1. The molecule has 0 radical (unpaired) electrons. The van der Waals surface area contributed by atoms with E-state index in [9.17, 15) is 17.9 Å². The van der Waals surface area contributed by atoms with Crippen molar-refractivity contribution in [3.63, 3.8) is 0 Å². The van der Waals surface area contributed by atoms with Crippen molar-refractivity contribution in [2.24, 2.45) is 0 Å². The number of benzene rings is 1. The van der Waals surface area contributed by atoms with Gasteiger partial charge in [-0.05, 0) is 31.9 Å². The summed E-state index contributed by atoms with van der Waals surface area (Å²) in [6, 6.07) is 4.09. The average Bonchev–Trinajstić information content (AvgIpc) is 2.41. The van der Waals surface area contributed by atoms with Crippen LogP contribution < -0.4 is 0 Å². The summed E-state index contributed by atoms with van der Waals surface area (Å²) in [5.74, 6) is -0.478. The van der Waals surface area contributed by atoms with Gasteiger partial charge in [-0.3, -0.25) is 0 Å². The SMILES string of the molecule is CC(O)CC1Cc2c(F)cccc2S1(=O)=O. The highest BCUT2D eigenvalue weighted by Gasteiger charge is 2.38. The van der Waals surface area contributed by atoms with Crippen LogP contribution in [0.15, 0.2) is 23.1 Å². The van der Waals surface area contributed by atoms with Crippen LogP contribution in [-0.2, 0) is 16.3 Å². The van der Waals surface area contributed by atoms with E-state index in [0.29, 0.717) is 0 Å². The largest absolute Gasteiger partial charge is 0.393 e. The zero-order chi connectivity index (χ0) is 11.9. The third-order valence-electron chi connectivity index (χ3n) is 2.86. The highest BCUT2D eigenvalue weighted by atomic mass is 32.2. The van der Waals surface area contributed by atoms with Crippen molar-refractivity contribution in [3.8, 4) is 0 Å². The standard InChI is InChI=1S/C11H13FO3S/c1-7(13)5-8-6-9-10(12)3-2-4-11(9)16(8,14)15/h2-4,7-8,13H,5-6H2,1H3. The van der Waals surface area contributed by atoms with Crippen molar-refractivity contribution < 1.29 is 17.9 Å². The molecule has 1 N–H and O–H groups in total. The molecule has 1 aromatic rings. The van der Waals surface area contributed by atoms with Gasteiger partial charge in [-0.2, -0.15) is 0 Å². The van der Waals surface area contributed by atoms with Gasteiger partial charge in [-0.15, -0.1) is 0 Å². The lowest BCUT2D eigenvalue weighted by molar-refractivity contribution is 0.183. The molecule has 1 heterocycles. The Hall–Kier alpha value is -0.940. The molecule has 0 aromatic heterocycles. The Balaban J connectivity index is 2.46. The summed E-state index contributed by atoms with van der Waals surface area (Å²) in [5.41, 5.74) is 0.258. The molecule has 0 amide bonds. The number of aliphatic hydroxyl groups is 1. The second kappa shape index (κ2) is 3.82. The van der Waals surface area contributed by atoms with Crippen molar-refractivity contribution in [1.82, 2.24) is 0 Å². The molecule has 1 aliphatic heterocycles. The van der Waals surface area contributed by atoms with Crippen LogP contribution in [0.2, 0.25) is 0 Å². The maximum Gasteiger partial charge on any atom is 0.182 e. The number of sulfone groups is 1. The van der Waals surface area contributed by atoms with Gasteiger partial charge in [-0.1, -0.05) is 6.07 Å². The van der Waals surface area contributed by atoms with E-state index in [2.05, 4.69) is 0 Å². The van der Waals surface area contributed by atoms with Crippen molar-refractivity contribution in [2.45, 2.75) is 36.0 Å². The quantitative estimate of drug-likeness (QED) is 0.853. The molecule has 1 aliphatic rings. The maximum absolute atomic E-state index is 13.4. The molecule has 0 bridgehead atoms. The van der Waals surface area contributed by atoms with Gasteiger partial charge in [0.25, 0.3) is 0 Å². The molecule has 5 heteroatoms. The summed E-state index contributed by atoms with van der Waals surface area (Å²) in [6.45, 7) is 1.54. The van der Waals surface area contributed by atoms with Crippen LogP contribution in [-0.4, -0.2) is 24.9 Å². The Morgan fingerprint density at radius 2 is 2.25 bits per heavy atom. The number of hydrogen-bond donors (Lipinski definition) is 1. The normalized spacial score (nSPS) is 24.1. The van der Waals surface area contributed by atoms with E-state index in [4.69, 9.17) is 0 Å². The van der Waals surface area contributed by atoms with E-state index in [1.807, 2.05) is 0 Å². The lowest BCUT2D eigenvalue weighted by Crippen LogP contribution is -2.22. The zero-order valence-electron chi connectivity index (χ0n) is 8.85. The summed E-state index contributed by atoms with van der Waals surface area (Å²) >= 11 is 0. The van der Waals surface area contributed by atoms with Gasteiger partial charge in [0.2, 0.25) is 0 Å². The number of hydrogen-bond acceptors (Lipinski definition) is 3. The third kappa shape index (κ3) is 1.74. The number of rotatable bonds is 2. The van der Waals surface area contributed by atoms with E-state index < -0.39 is 27.0 Å². The molecule has 3 nitrogen and oxygen atoms in total. The minimum atomic E-state index is -3.46. The highest BCUT2D eigenvalue weighted by molar-refractivity contribution is 7.92. The van der Waals surface area contributed by atoms with Gasteiger partial charge in [-0.25, -0.2) is 12.8 Å². The highest BCUT2D eigenvalue weighted by Crippen LogP contribution is 2.34. The molecule has 0 saturated carbocycles. The Labute approximate surface area is 93.8 Å². The number of fused-ring (bicyclic) bond motifs is 1. The van der Waals surface area contributed by atoms with Gasteiger partial charge in [0.05, 0.1) is 16.2 Å². The van der Waals surface area contributed by atoms with Gasteiger partial charge in [0.1, 0.15) is 5.82 Å². The van der Waals surface area contributed by atoms with E-state index in [1.165, 1.54) is 25.1 Å². The van der Waals surface area contributed by atoms with E-state index in [1.54, 1.807) is 0 Å². The third-order valence-corrected chi connectivity index (χ3v) is 5.09. The fourth-order valence-corrected chi connectivity index (χ4v) is 4.18. The molecule has 2 unspecified atom stereocenters. The van der Waals surface area contributed by atoms with E-state index >= 15 is 0 Å². The first-order chi connectivity index (χ1) is 7.43. The molecule has 2 atom stereocenters. The average molecular weight is 244 g/mol. The van der Waals surface area contributed by atoms with Crippen LogP contribution in [0.3, 0.4) is 0 Å². The lowest BCUT2D eigenvalue weighted by Gasteiger charge is -2.10. The Bertz CT molecular complexity index is 508. The van der Waals surface area contributed by atoms with E-state index in [0.717, 1.165) is 0 Å². The molecular weight excluding hydrogens is 231 g/mol. The molecule has 16 heavy (non-hydrogen) atoms. The molecule has 0 saturated heterocycles. The van der Waals surface area contributed by atoms with Gasteiger partial charge >= 0.3 is 0 Å². The summed E-state index contributed by atoms with van der Waals surface area (Å²) in [6.07, 6.45) is -0.386. The smallest absolute Gasteiger partial charge is 0.182 e. The number of aliphatic hydroxyl groups excluding tert-OH is 1. The summed E-state index contributed by atoms with van der Waals surface area (Å²) in [7, 11) is -3.46. The molecule has 0 aliphatic carbocycles. The van der Waals surface area contributed by atoms with Crippen LogP contribution in [0.4, 0.5) is 4.39 Å². The zero-order valence-corrected chi connectivity index (χ0v) is 9.67. The van der Waals surface area contributed by atoms with Crippen LogP contribution in [0, 0.1) is 5.82 Å². The molecule has 88 valence electrons. The molecule has 0 fully saturated rings. The summed E-state index contributed by atoms with van der Waals surface area (Å²) < 4.78 is 37.4. The Morgan fingerprint density at radius 1 is 1.56 bits per heavy atom. The molecule has 2 rings (SSSR count). The summed E-state index contributed by atoms with van der Waals surface area (Å²) in [4.78, 5) is 0.0816.